The van der Waals surface area contributed by atoms with Gasteiger partial charge in [0.05, 0.1) is 32.2 Å². The molecule has 2 aromatic heterocycles. The number of hydrogen-bond donors (Lipinski definition) is 1. The minimum atomic E-state index is 0.289. The smallest absolute Gasteiger partial charge is 0.161 e. The van der Waals surface area contributed by atoms with Gasteiger partial charge in [0.25, 0.3) is 0 Å². The van der Waals surface area contributed by atoms with E-state index in [4.69, 9.17) is 14.0 Å². The highest BCUT2D eigenvalue weighted by molar-refractivity contribution is 5.66. The predicted molar refractivity (Wildman–Crippen MR) is 110 cm³/mol. The molecule has 0 spiro atoms. The maximum absolute atomic E-state index is 5.52. The van der Waals surface area contributed by atoms with E-state index in [-0.39, 0.29) is 6.04 Å². The molecular weight excluding hydrogens is 368 g/mol. The summed E-state index contributed by atoms with van der Waals surface area (Å²) in [6.07, 6.45) is 6.16. The summed E-state index contributed by atoms with van der Waals surface area (Å²) in [5.41, 5.74) is 4.23. The number of aryl methyl sites for hydroxylation is 1. The summed E-state index contributed by atoms with van der Waals surface area (Å²) in [7, 11) is 3.29. The van der Waals surface area contributed by atoms with Crippen LogP contribution < -0.4 is 9.47 Å². The van der Waals surface area contributed by atoms with Crippen LogP contribution in [0.3, 0.4) is 0 Å². The molecule has 0 unspecified atom stereocenters. The van der Waals surface area contributed by atoms with Crippen LogP contribution in [-0.4, -0.2) is 41.0 Å². The second-order valence-electron chi connectivity index (χ2n) is 7.44. The number of ether oxygens (including phenoxy) is 2. The number of likely N-dealkylation sites (tertiary alicyclic amines) is 1. The van der Waals surface area contributed by atoms with Crippen LogP contribution in [0.1, 0.15) is 49.2 Å². The van der Waals surface area contributed by atoms with Crippen LogP contribution in [0.25, 0.3) is 11.3 Å². The number of hydrogen-bond acceptors (Lipinski definition) is 6. The van der Waals surface area contributed by atoms with E-state index in [0.717, 1.165) is 67.0 Å². The van der Waals surface area contributed by atoms with Gasteiger partial charge in [0.1, 0.15) is 11.5 Å². The molecule has 1 aromatic carbocycles. The van der Waals surface area contributed by atoms with Gasteiger partial charge in [-0.05, 0) is 44.0 Å². The summed E-state index contributed by atoms with van der Waals surface area (Å²) in [6, 6.07) is 8.33. The molecule has 1 aliphatic heterocycles. The molecule has 0 radical (unpaired) electrons. The quantitative estimate of drug-likeness (QED) is 0.609. The van der Waals surface area contributed by atoms with E-state index in [1.807, 2.05) is 24.4 Å². The number of rotatable bonds is 8. The lowest BCUT2D eigenvalue weighted by molar-refractivity contribution is 0.236. The lowest BCUT2D eigenvalue weighted by Gasteiger charge is -2.22. The van der Waals surface area contributed by atoms with E-state index in [2.05, 4.69) is 33.2 Å². The zero-order valence-electron chi connectivity index (χ0n) is 17.3. The zero-order chi connectivity index (χ0) is 20.2. The Morgan fingerprint density at radius 3 is 2.86 bits per heavy atom. The molecule has 0 saturated carbocycles. The van der Waals surface area contributed by atoms with Crippen molar-refractivity contribution in [1.82, 2.24) is 20.3 Å². The molecule has 7 nitrogen and oxygen atoms in total. The minimum Gasteiger partial charge on any atom is -0.493 e. The van der Waals surface area contributed by atoms with Crippen molar-refractivity contribution in [3.05, 3.63) is 47.5 Å². The molecule has 0 amide bonds. The molecular formula is C22H28N4O3. The van der Waals surface area contributed by atoms with Gasteiger partial charge in [0.15, 0.2) is 11.5 Å². The highest BCUT2D eigenvalue weighted by Crippen LogP contribution is 2.36. The number of nitrogens with zero attached hydrogens (tertiary/aromatic N) is 3. The topological polar surface area (TPSA) is 76.4 Å². The summed E-state index contributed by atoms with van der Waals surface area (Å²) in [5, 5.41) is 11.8. The third-order valence-corrected chi connectivity index (χ3v) is 5.54. The second kappa shape index (κ2) is 8.69. The van der Waals surface area contributed by atoms with Gasteiger partial charge >= 0.3 is 0 Å². The Labute approximate surface area is 171 Å². The van der Waals surface area contributed by atoms with Crippen molar-refractivity contribution in [2.24, 2.45) is 0 Å². The first-order chi connectivity index (χ1) is 14.2. The van der Waals surface area contributed by atoms with Crippen LogP contribution in [0.15, 0.2) is 35.0 Å². The highest BCUT2D eigenvalue weighted by Gasteiger charge is 2.29. The van der Waals surface area contributed by atoms with Gasteiger partial charge < -0.3 is 14.0 Å². The van der Waals surface area contributed by atoms with Crippen molar-refractivity contribution in [1.29, 1.82) is 0 Å². The van der Waals surface area contributed by atoms with Crippen molar-refractivity contribution in [3.63, 3.8) is 0 Å². The Hall–Kier alpha value is -2.80. The molecule has 1 N–H and O–H groups in total. The molecule has 3 heterocycles. The summed E-state index contributed by atoms with van der Waals surface area (Å²) in [5.74, 6) is 2.39. The number of aromatic amines is 1. The standard InChI is InChI=1S/C22H28N4O3/c1-4-6-17-12-18(25-29-17)19-7-5-10-26(19)14-16-13-23-24-22(16)15-8-9-20(27-2)21(11-15)28-3/h8-9,11-13,19H,4-7,10,14H2,1-3H3,(H,23,24)/t19-/m0/s1. The molecule has 154 valence electrons. The van der Waals surface area contributed by atoms with Crippen LogP contribution in [0.5, 0.6) is 11.5 Å². The normalized spacial score (nSPS) is 17.0. The summed E-state index contributed by atoms with van der Waals surface area (Å²) in [6.45, 7) is 4.00. The maximum atomic E-state index is 5.52. The Kier molecular flexibility index (Phi) is 5.85. The first-order valence-corrected chi connectivity index (χ1v) is 10.2. The Morgan fingerprint density at radius 1 is 1.21 bits per heavy atom. The maximum Gasteiger partial charge on any atom is 0.161 e. The number of methoxy groups -OCH3 is 2. The first-order valence-electron chi connectivity index (χ1n) is 10.2. The lowest BCUT2D eigenvalue weighted by Crippen LogP contribution is -2.23. The molecule has 1 fully saturated rings. The monoisotopic (exact) mass is 396 g/mol. The van der Waals surface area contributed by atoms with Gasteiger partial charge in [-0.2, -0.15) is 5.10 Å². The number of H-pyrrole nitrogens is 1. The van der Waals surface area contributed by atoms with Crippen LogP contribution in [0.4, 0.5) is 0 Å². The fraction of sp³-hybridized carbons (Fsp3) is 0.455. The van der Waals surface area contributed by atoms with E-state index < -0.39 is 0 Å². The van der Waals surface area contributed by atoms with E-state index in [9.17, 15) is 0 Å². The van der Waals surface area contributed by atoms with Gasteiger partial charge in [-0.1, -0.05) is 12.1 Å². The Balaban J connectivity index is 1.55. The molecule has 1 atom stereocenters. The molecule has 29 heavy (non-hydrogen) atoms. The van der Waals surface area contributed by atoms with Gasteiger partial charge in [-0.15, -0.1) is 0 Å². The van der Waals surface area contributed by atoms with E-state index >= 15 is 0 Å². The Morgan fingerprint density at radius 2 is 2.07 bits per heavy atom. The molecule has 0 bridgehead atoms. The van der Waals surface area contributed by atoms with Gasteiger partial charge in [0.2, 0.25) is 0 Å². The molecule has 1 saturated heterocycles. The molecule has 0 aliphatic carbocycles. The van der Waals surface area contributed by atoms with Gasteiger partial charge in [-0.3, -0.25) is 10.00 Å². The zero-order valence-corrected chi connectivity index (χ0v) is 17.3. The number of benzene rings is 1. The molecule has 4 rings (SSSR count). The molecule has 3 aromatic rings. The van der Waals surface area contributed by atoms with Crippen LogP contribution in [0.2, 0.25) is 0 Å². The van der Waals surface area contributed by atoms with E-state index in [0.29, 0.717) is 11.5 Å². The number of nitrogens with one attached hydrogen (secondary N) is 1. The van der Waals surface area contributed by atoms with E-state index in [1.165, 1.54) is 0 Å². The van der Waals surface area contributed by atoms with Crippen molar-refractivity contribution in [3.8, 4) is 22.8 Å². The fourth-order valence-electron chi connectivity index (χ4n) is 4.09. The van der Waals surface area contributed by atoms with Crippen LogP contribution >= 0.6 is 0 Å². The van der Waals surface area contributed by atoms with Crippen molar-refractivity contribution >= 4 is 0 Å². The third kappa shape index (κ3) is 4.00. The SMILES string of the molecule is CCCc1cc([C@@H]2CCCN2Cc2cn[nH]c2-c2ccc(OC)c(OC)c2)no1. The van der Waals surface area contributed by atoms with Gasteiger partial charge in [-0.25, -0.2) is 0 Å². The fourth-order valence-corrected chi connectivity index (χ4v) is 4.09. The van der Waals surface area contributed by atoms with Crippen LogP contribution in [0, 0.1) is 0 Å². The average Bonchev–Trinajstić information content (AvgIpc) is 3.49. The van der Waals surface area contributed by atoms with Crippen molar-refractivity contribution in [2.45, 2.75) is 45.2 Å². The van der Waals surface area contributed by atoms with Crippen molar-refractivity contribution in [2.75, 3.05) is 20.8 Å². The largest absolute Gasteiger partial charge is 0.493 e. The average molecular weight is 396 g/mol. The summed E-state index contributed by atoms with van der Waals surface area (Å²) in [4.78, 5) is 2.46. The van der Waals surface area contributed by atoms with E-state index in [1.54, 1.807) is 14.2 Å². The van der Waals surface area contributed by atoms with Gasteiger partial charge in [0, 0.05) is 30.2 Å². The molecule has 1 aliphatic rings. The molecule has 7 heteroatoms. The first kappa shape index (κ1) is 19.5. The minimum absolute atomic E-state index is 0.289. The highest BCUT2D eigenvalue weighted by atomic mass is 16.5. The Bertz CT molecular complexity index is 949. The lowest BCUT2D eigenvalue weighted by atomic mass is 10.1. The van der Waals surface area contributed by atoms with Crippen molar-refractivity contribution < 1.29 is 14.0 Å². The van der Waals surface area contributed by atoms with Crippen LogP contribution in [-0.2, 0) is 13.0 Å². The second-order valence-corrected chi connectivity index (χ2v) is 7.44. The predicted octanol–water partition coefficient (Wildman–Crippen LogP) is 4.37. The summed E-state index contributed by atoms with van der Waals surface area (Å²) >= 11 is 0. The number of aromatic nitrogens is 3. The third-order valence-electron chi connectivity index (χ3n) is 5.54. The summed E-state index contributed by atoms with van der Waals surface area (Å²) < 4.78 is 16.3.